The number of likely N-dealkylation sites (tertiary alicyclic amines) is 1. The van der Waals surface area contributed by atoms with E-state index in [-0.39, 0.29) is 30.2 Å². The van der Waals surface area contributed by atoms with Crippen molar-refractivity contribution in [3.05, 3.63) is 0 Å². The van der Waals surface area contributed by atoms with Gasteiger partial charge in [0.25, 0.3) is 0 Å². The largest absolute Gasteiger partial charge is 0.443 e. The van der Waals surface area contributed by atoms with Gasteiger partial charge in [0, 0.05) is 19.0 Å². The normalized spacial score (nSPS) is 32.9. The number of carbonyl (C=O) groups is 1. The van der Waals surface area contributed by atoms with Gasteiger partial charge in [0.2, 0.25) is 0 Å². The molecule has 116 valence electrons. The molecule has 0 spiro atoms. The summed E-state index contributed by atoms with van der Waals surface area (Å²) < 4.78 is 0. The molecule has 20 heavy (non-hydrogen) atoms. The van der Waals surface area contributed by atoms with Crippen LogP contribution in [-0.2, 0) is 0 Å². The number of hydrogen-bond donors (Lipinski definition) is 3. The molecular formula is C14H28N3O3+. The maximum atomic E-state index is 11.9. The summed E-state index contributed by atoms with van der Waals surface area (Å²) in [5.74, 6) is 0.0713. The standard InChI is InChI=1S/C14H27N3O3/c1-17-6-4-11(5-7-17)16-14(20)15-9-10-8-12(18)2-3-13(10)19/h10-13,18-19H,2-9H2,1H3,(H2,15,16,20)/p+1/t10?,12?,13-/m0/s1. The fourth-order valence-corrected chi connectivity index (χ4v) is 3.08. The van der Waals surface area contributed by atoms with Crippen LogP contribution in [0.25, 0.3) is 0 Å². The first-order valence-electron chi connectivity index (χ1n) is 7.66. The number of nitrogens with one attached hydrogen (secondary N) is 2. The molecule has 3 atom stereocenters. The lowest BCUT2D eigenvalue weighted by atomic mass is 9.85. The number of carbonyl (C=O) groups excluding carboxylic acids is 1. The van der Waals surface area contributed by atoms with Crippen LogP contribution < -0.4 is 10.6 Å². The highest BCUT2D eigenvalue weighted by atomic mass is 16.3. The van der Waals surface area contributed by atoms with Gasteiger partial charge in [-0.2, -0.15) is 0 Å². The third kappa shape index (κ3) is 4.61. The van der Waals surface area contributed by atoms with Crippen molar-refractivity contribution < 1.29 is 15.0 Å². The summed E-state index contributed by atoms with van der Waals surface area (Å²) in [6.45, 7) is 2.53. The van der Waals surface area contributed by atoms with Crippen LogP contribution in [0, 0.1) is 5.92 Å². The van der Waals surface area contributed by atoms with E-state index in [9.17, 15) is 9.90 Å². The van der Waals surface area contributed by atoms with Crippen LogP contribution in [0.15, 0.2) is 0 Å². The van der Waals surface area contributed by atoms with Crippen molar-refractivity contribution in [1.82, 2.24) is 15.5 Å². The minimum absolute atomic E-state index is 0.0713. The second-order valence-electron chi connectivity index (χ2n) is 6.27. The predicted octanol–water partition coefficient (Wildman–Crippen LogP) is -0.366. The second kappa shape index (κ2) is 7.24. The Bertz CT molecular complexity index is 319. The summed E-state index contributed by atoms with van der Waals surface area (Å²) in [6.07, 6.45) is 3.59. The molecule has 1 aliphatic heterocycles. The molecule has 2 aliphatic rings. The number of urea groups is 1. The first kappa shape index (κ1) is 15.5. The average Bonchev–Trinajstić information content (AvgIpc) is 2.42. The Morgan fingerprint density at radius 2 is 2.00 bits per heavy atom. The molecule has 2 amide bonds. The number of amides is 2. The van der Waals surface area contributed by atoms with Gasteiger partial charge in [-0.05, 0) is 45.8 Å². The Morgan fingerprint density at radius 3 is 2.70 bits per heavy atom. The van der Waals surface area contributed by atoms with Crippen LogP contribution in [0.3, 0.4) is 0 Å². The van der Waals surface area contributed by atoms with Gasteiger partial charge >= 0.3 is 6.03 Å². The number of hydrogen-bond acceptors (Lipinski definition) is 3. The zero-order valence-corrected chi connectivity index (χ0v) is 12.3. The van der Waals surface area contributed by atoms with E-state index in [1.54, 1.807) is 0 Å². The number of nitrogens with zero attached hydrogens (tertiary/aromatic N) is 1. The summed E-state index contributed by atoms with van der Waals surface area (Å²) in [7, 11) is 2.10. The molecule has 0 radical (unpaired) electrons. The van der Waals surface area contributed by atoms with Gasteiger partial charge in [-0.3, -0.25) is 0 Å². The first-order chi connectivity index (χ1) is 9.54. The molecule has 1 aliphatic carbocycles. The number of aliphatic hydroxyl groups is 1. The molecule has 0 bridgehead atoms. The SMILES string of the molecule is CN1CCC(NC(=O)NCC2CC(O)CC[C@@H]2[OH2+])CC1. The molecule has 1 saturated heterocycles. The van der Waals surface area contributed by atoms with Gasteiger partial charge in [0.1, 0.15) is 0 Å². The van der Waals surface area contributed by atoms with E-state index in [1.807, 2.05) is 0 Å². The molecule has 2 rings (SSSR count). The fraction of sp³-hybridized carbons (Fsp3) is 0.929. The van der Waals surface area contributed by atoms with Gasteiger partial charge in [0.05, 0.1) is 12.0 Å². The van der Waals surface area contributed by atoms with Crippen molar-refractivity contribution >= 4 is 6.03 Å². The quantitative estimate of drug-likeness (QED) is 0.619. The lowest BCUT2D eigenvalue weighted by Crippen LogP contribution is -2.49. The minimum Gasteiger partial charge on any atom is -0.443 e. The van der Waals surface area contributed by atoms with Crippen molar-refractivity contribution in [2.45, 2.75) is 50.4 Å². The molecule has 0 aromatic carbocycles. The fourth-order valence-electron chi connectivity index (χ4n) is 3.08. The van der Waals surface area contributed by atoms with Crippen molar-refractivity contribution in [3.63, 3.8) is 0 Å². The Labute approximate surface area is 120 Å². The van der Waals surface area contributed by atoms with Crippen LogP contribution in [0.2, 0.25) is 0 Å². The van der Waals surface area contributed by atoms with Crippen molar-refractivity contribution in [1.29, 1.82) is 0 Å². The van der Waals surface area contributed by atoms with E-state index in [4.69, 9.17) is 5.11 Å². The first-order valence-corrected chi connectivity index (χ1v) is 7.66. The molecule has 0 aromatic heterocycles. The third-order valence-electron chi connectivity index (χ3n) is 4.53. The van der Waals surface area contributed by atoms with Crippen molar-refractivity contribution in [2.24, 2.45) is 5.92 Å². The Kier molecular flexibility index (Phi) is 5.63. The van der Waals surface area contributed by atoms with E-state index in [2.05, 4.69) is 22.6 Å². The number of aliphatic hydroxyl groups excluding tert-OH is 1. The van der Waals surface area contributed by atoms with Crippen LogP contribution >= 0.6 is 0 Å². The van der Waals surface area contributed by atoms with Gasteiger partial charge < -0.3 is 25.7 Å². The highest BCUT2D eigenvalue weighted by molar-refractivity contribution is 5.74. The van der Waals surface area contributed by atoms with E-state index >= 15 is 0 Å². The molecule has 5 N–H and O–H groups in total. The predicted molar refractivity (Wildman–Crippen MR) is 77.8 cm³/mol. The zero-order chi connectivity index (χ0) is 14.5. The summed E-state index contributed by atoms with van der Waals surface area (Å²) in [5, 5.41) is 23.5. The number of piperidine rings is 1. The van der Waals surface area contributed by atoms with Crippen molar-refractivity contribution in [2.75, 3.05) is 26.7 Å². The average molecular weight is 286 g/mol. The van der Waals surface area contributed by atoms with Crippen LogP contribution in [0.4, 0.5) is 4.79 Å². The molecular weight excluding hydrogens is 258 g/mol. The molecule has 6 nitrogen and oxygen atoms in total. The zero-order valence-electron chi connectivity index (χ0n) is 12.3. The topological polar surface area (TPSA) is 87.5 Å². The van der Waals surface area contributed by atoms with E-state index in [0.29, 0.717) is 19.4 Å². The smallest absolute Gasteiger partial charge is 0.315 e. The summed E-state index contributed by atoms with van der Waals surface area (Å²) in [4.78, 5) is 14.1. The third-order valence-corrected chi connectivity index (χ3v) is 4.53. The summed E-state index contributed by atoms with van der Waals surface area (Å²) in [5.41, 5.74) is 0. The minimum atomic E-state index is -0.305. The summed E-state index contributed by atoms with van der Waals surface area (Å²) in [6, 6.07) is 0.127. The molecule has 0 aromatic rings. The highest BCUT2D eigenvalue weighted by Gasteiger charge is 2.31. The maximum absolute atomic E-state index is 11.9. The molecule has 6 heteroatoms. The number of rotatable bonds is 3. The van der Waals surface area contributed by atoms with Crippen molar-refractivity contribution in [3.8, 4) is 0 Å². The lowest BCUT2D eigenvalue weighted by molar-refractivity contribution is 0.00832. The van der Waals surface area contributed by atoms with Crippen LogP contribution in [0.1, 0.15) is 32.1 Å². The molecule has 2 fully saturated rings. The molecule has 2 unspecified atom stereocenters. The van der Waals surface area contributed by atoms with Crippen LogP contribution in [0.5, 0.6) is 0 Å². The maximum Gasteiger partial charge on any atom is 0.315 e. The van der Waals surface area contributed by atoms with Gasteiger partial charge in [0.15, 0.2) is 6.10 Å². The van der Waals surface area contributed by atoms with Crippen LogP contribution in [-0.4, -0.2) is 66.1 Å². The monoisotopic (exact) mass is 286 g/mol. The van der Waals surface area contributed by atoms with E-state index < -0.39 is 0 Å². The summed E-state index contributed by atoms with van der Waals surface area (Å²) >= 11 is 0. The van der Waals surface area contributed by atoms with Gasteiger partial charge in [-0.15, -0.1) is 0 Å². The highest BCUT2D eigenvalue weighted by Crippen LogP contribution is 2.24. The Balaban J connectivity index is 1.66. The Hall–Kier alpha value is -0.850. The van der Waals surface area contributed by atoms with E-state index in [1.165, 1.54) is 0 Å². The van der Waals surface area contributed by atoms with Gasteiger partial charge in [-0.25, -0.2) is 4.79 Å². The lowest BCUT2D eigenvalue weighted by Gasteiger charge is -2.30. The molecule has 1 heterocycles. The van der Waals surface area contributed by atoms with E-state index in [0.717, 1.165) is 32.4 Å². The molecule has 1 saturated carbocycles. The second-order valence-corrected chi connectivity index (χ2v) is 6.27. The van der Waals surface area contributed by atoms with Gasteiger partial charge in [-0.1, -0.05) is 0 Å². The Morgan fingerprint density at radius 1 is 1.30 bits per heavy atom.